The maximum absolute atomic E-state index is 13.9. The number of halogens is 1. The lowest BCUT2D eigenvalue weighted by Gasteiger charge is -2.22. The zero-order chi connectivity index (χ0) is 27.2. The van der Waals surface area contributed by atoms with E-state index in [0.29, 0.717) is 50.4 Å². The highest BCUT2D eigenvalue weighted by Crippen LogP contribution is 2.40. The molecule has 0 saturated heterocycles. The second kappa shape index (κ2) is 9.37. The number of allylic oxidation sites excluding steroid dienone is 1. The average Bonchev–Trinajstić information content (AvgIpc) is 3.24. The number of hydrogen-bond donors (Lipinski definition) is 3. The molecule has 4 aromatic rings. The Hall–Kier alpha value is -4.17. The largest absolute Gasteiger partial charge is 0.456 e. The third-order valence-electron chi connectivity index (χ3n) is 6.15. The second-order valence-corrected chi connectivity index (χ2v) is 9.91. The molecular weight excluding hydrogens is 473 g/mol. The number of fused-ring (bicyclic) bond motifs is 1. The maximum atomic E-state index is 13.9. The normalized spacial score (nSPS) is 11.6. The molecule has 2 aromatic heterocycles. The summed E-state index contributed by atoms with van der Waals surface area (Å²) in [5.41, 5.74) is 2.54. The number of aromatic amines is 1. The third kappa shape index (κ3) is 5.06. The number of aromatic nitrogens is 2. The molecule has 0 unspecified atom stereocenters. The first kappa shape index (κ1) is 25.9. The van der Waals surface area contributed by atoms with E-state index < -0.39 is 11.5 Å². The molecule has 0 bridgehead atoms. The fourth-order valence-electron chi connectivity index (χ4n) is 4.31. The first-order valence-corrected chi connectivity index (χ1v) is 11.8. The lowest BCUT2D eigenvalue weighted by molar-refractivity contribution is 0.0786. The Morgan fingerprint density at radius 2 is 1.78 bits per heavy atom. The Kier molecular flexibility index (Phi) is 6.56. The highest BCUT2D eigenvalue weighted by molar-refractivity contribution is 6.03. The lowest BCUT2D eigenvalue weighted by Crippen LogP contribution is -2.21. The van der Waals surface area contributed by atoms with Crippen molar-refractivity contribution < 1.29 is 19.0 Å². The fourth-order valence-corrected chi connectivity index (χ4v) is 4.31. The molecule has 1 amide bonds. The number of pyridine rings is 1. The molecule has 4 rings (SSSR count). The number of carbonyl (C=O) groups is 1. The van der Waals surface area contributed by atoms with Gasteiger partial charge in [-0.05, 0) is 81.6 Å². The van der Waals surface area contributed by atoms with E-state index in [1.165, 1.54) is 16.7 Å². The Labute approximate surface area is 214 Å². The van der Waals surface area contributed by atoms with Crippen molar-refractivity contribution in [1.29, 1.82) is 0 Å². The van der Waals surface area contributed by atoms with Crippen molar-refractivity contribution in [3.63, 3.8) is 0 Å². The molecule has 0 spiro atoms. The highest BCUT2D eigenvalue weighted by Gasteiger charge is 2.23. The van der Waals surface area contributed by atoms with Gasteiger partial charge in [0, 0.05) is 35.5 Å². The van der Waals surface area contributed by atoms with Crippen LogP contribution in [0.5, 0.6) is 11.5 Å². The van der Waals surface area contributed by atoms with Crippen LogP contribution in [-0.4, -0.2) is 20.6 Å². The lowest BCUT2D eigenvalue weighted by atomic mass is 9.93. The van der Waals surface area contributed by atoms with E-state index in [4.69, 9.17) is 4.74 Å². The van der Waals surface area contributed by atoms with E-state index in [0.717, 1.165) is 0 Å². The zero-order valence-corrected chi connectivity index (χ0v) is 21.7. The molecule has 8 heteroatoms. The van der Waals surface area contributed by atoms with Gasteiger partial charge >= 0.3 is 0 Å². The predicted octanol–water partition coefficient (Wildman–Crippen LogP) is 5.57. The van der Waals surface area contributed by atoms with Crippen molar-refractivity contribution in [2.24, 2.45) is 7.05 Å². The van der Waals surface area contributed by atoms with E-state index >= 15 is 0 Å². The number of hydrogen-bond acceptors (Lipinski definition) is 4. The van der Waals surface area contributed by atoms with Gasteiger partial charge in [-0.2, -0.15) is 0 Å². The Morgan fingerprint density at radius 3 is 2.38 bits per heavy atom. The van der Waals surface area contributed by atoms with Gasteiger partial charge in [0.1, 0.15) is 28.5 Å². The summed E-state index contributed by atoms with van der Waals surface area (Å²) in [5, 5.41) is 13.9. The quantitative estimate of drug-likeness (QED) is 0.320. The molecule has 0 fully saturated rings. The molecule has 0 radical (unpaired) electrons. The monoisotopic (exact) mass is 503 g/mol. The van der Waals surface area contributed by atoms with Crippen LogP contribution in [0.1, 0.15) is 48.0 Å². The average molecular weight is 504 g/mol. The standard InChI is InChI=1S/C29H30FN3O4/c1-15(2)31-27(34)23-13-21-22(14-33(7)28(35)25(21)32-23)20-12-18(29(5,6)36)8-9-24(20)37-26-16(3)10-19(30)11-17(26)4/h8-14,32,36H,1H2,2-7H3,(H,31,34). The SMILES string of the molecule is C=C(C)NC(=O)c1cc2c(-c3cc(C(C)(C)O)ccc3Oc3c(C)cc(F)cc3C)cn(C)c(=O)c2[nH]1. The van der Waals surface area contributed by atoms with E-state index in [2.05, 4.69) is 16.9 Å². The van der Waals surface area contributed by atoms with Crippen LogP contribution in [0.25, 0.3) is 22.0 Å². The molecule has 0 atom stereocenters. The molecule has 0 aliphatic carbocycles. The minimum Gasteiger partial charge on any atom is -0.456 e. The number of nitrogens with one attached hydrogen (secondary N) is 2. The molecular formula is C29H30FN3O4. The van der Waals surface area contributed by atoms with Gasteiger partial charge in [0.05, 0.1) is 5.60 Å². The Balaban J connectivity index is 1.99. The summed E-state index contributed by atoms with van der Waals surface area (Å²) in [7, 11) is 1.62. The number of aryl methyl sites for hydroxylation is 3. The maximum Gasteiger partial charge on any atom is 0.274 e. The van der Waals surface area contributed by atoms with Crippen LogP contribution < -0.4 is 15.6 Å². The van der Waals surface area contributed by atoms with Gasteiger partial charge in [-0.1, -0.05) is 12.6 Å². The number of nitrogens with zero attached hydrogens (tertiary/aromatic N) is 1. The first-order chi connectivity index (χ1) is 17.3. The first-order valence-electron chi connectivity index (χ1n) is 11.8. The minimum absolute atomic E-state index is 0.203. The number of carbonyl (C=O) groups excluding carboxylic acids is 1. The molecule has 37 heavy (non-hydrogen) atoms. The van der Waals surface area contributed by atoms with Gasteiger partial charge in [-0.15, -0.1) is 0 Å². The second-order valence-electron chi connectivity index (χ2n) is 9.91. The van der Waals surface area contributed by atoms with Crippen molar-refractivity contribution in [3.8, 4) is 22.6 Å². The summed E-state index contributed by atoms with van der Waals surface area (Å²) in [6, 6.07) is 9.70. The van der Waals surface area contributed by atoms with Crippen molar-refractivity contribution in [1.82, 2.24) is 14.9 Å². The van der Waals surface area contributed by atoms with Crippen LogP contribution in [0, 0.1) is 19.7 Å². The molecule has 192 valence electrons. The summed E-state index contributed by atoms with van der Waals surface area (Å²) in [5.74, 6) is 0.179. The minimum atomic E-state index is -1.15. The third-order valence-corrected chi connectivity index (χ3v) is 6.15. The highest BCUT2D eigenvalue weighted by atomic mass is 19.1. The van der Waals surface area contributed by atoms with Gasteiger partial charge in [-0.25, -0.2) is 4.39 Å². The Morgan fingerprint density at radius 1 is 1.14 bits per heavy atom. The van der Waals surface area contributed by atoms with Crippen molar-refractivity contribution in [3.05, 3.63) is 93.4 Å². The van der Waals surface area contributed by atoms with Gasteiger partial charge in [-0.3, -0.25) is 9.59 Å². The summed E-state index contributed by atoms with van der Waals surface area (Å²) < 4.78 is 21.7. The summed E-state index contributed by atoms with van der Waals surface area (Å²) >= 11 is 0. The number of benzene rings is 2. The molecule has 0 saturated carbocycles. The predicted molar refractivity (Wildman–Crippen MR) is 142 cm³/mol. The van der Waals surface area contributed by atoms with Gasteiger partial charge in [0.25, 0.3) is 11.5 Å². The molecule has 2 heterocycles. The van der Waals surface area contributed by atoms with Crippen molar-refractivity contribution in [2.45, 2.75) is 40.2 Å². The van der Waals surface area contributed by atoms with Gasteiger partial charge in [0.2, 0.25) is 0 Å². The van der Waals surface area contributed by atoms with Crippen LogP contribution in [0.2, 0.25) is 0 Å². The summed E-state index contributed by atoms with van der Waals surface area (Å²) in [6.07, 6.45) is 1.67. The van der Waals surface area contributed by atoms with Crippen LogP contribution >= 0.6 is 0 Å². The van der Waals surface area contributed by atoms with Crippen LogP contribution in [-0.2, 0) is 12.6 Å². The van der Waals surface area contributed by atoms with E-state index in [-0.39, 0.29) is 22.6 Å². The van der Waals surface area contributed by atoms with E-state index in [1.807, 2.05) is 0 Å². The number of amides is 1. The zero-order valence-electron chi connectivity index (χ0n) is 21.7. The molecule has 2 aromatic carbocycles. The van der Waals surface area contributed by atoms with E-state index in [1.54, 1.807) is 72.1 Å². The van der Waals surface area contributed by atoms with Crippen LogP contribution in [0.4, 0.5) is 4.39 Å². The smallest absolute Gasteiger partial charge is 0.274 e. The summed E-state index contributed by atoms with van der Waals surface area (Å²) in [4.78, 5) is 28.6. The molecule has 0 aliphatic rings. The van der Waals surface area contributed by atoms with Gasteiger partial charge < -0.3 is 24.7 Å². The molecule has 7 nitrogen and oxygen atoms in total. The number of aliphatic hydroxyl groups is 1. The fraction of sp³-hybridized carbons (Fsp3) is 0.241. The molecule has 0 aliphatic heterocycles. The Bertz CT molecular complexity index is 1600. The van der Waals surface area contributed by atoms with Gasteiger partial charge in [0.15, 0.2) is 0 Å². The number of H-pyrrole nitrogens is 1. The topological polar surface area (TPSA) is 96.3 Å². The van der Waals surface area contributed by atoms with Crippen molar-refractivity contribution >= 4 is 16.8 Å². The van der Waals surface area contributed by atoms with Crippen LogP contribution in [0.15, 0.2) is 59.7 Å². The summed E-state index contributed by atoms with van der Waals surface area (Å²) in [6.45, 7) is 12.2. The van der Waals surface area contributed by atoms with Crippen LogP contribution in [0.3, 0.4) is 0 Å². The van der Waals surface area contributed by atoms with Crippen molar-refractivity contribution in [2.75, 3.05) is 0 Å². The number of ether oxygens (including phenoxy) is 1. The molecule has 3 N–H and O–H groups in total. The number of rotatable bonds is 6. The van der Waals surface area contributed by atoms with E-state index in [9.17, 15) is 19.1 Å².